The molecule has 4 nitrogen and oxygen atoms in total. The van der Waals surface area contributed by atoms with Gasteiger partial charge in [0.05, 0.1) is 12.1 Å². The van der Waals surface area contributed by atoms with Crippen LogP contribution in [0.15, 0.2) is 0 Å². The van der Waals surface area contributed by atoms with E-state index in [-0.39, 0.29) is 18.1 Å². The predicted molar refractivity (Wildman–Crippen MR) is 57.6 cm³/mol. The van der Waals surface area contributed by atoms with Crippen molar-refractivity contribution in [3.63, 3.8) is 0 Å². The molecule has 0 bridgehead atoms. The molecule has 15 heavy (non-hydrogen) atoms. The lowest BCUT2D eigenvalue weighted by atomic mass is 10.1. The van der Waals surface area contributed by atoms with E-state index in [0.29, 0.717) is 6.54 Å². The summed E-state index contributed by atoms with van der Waals surface area (Å²) < 4.78 is 5.56. The van der Waals surface area contributed by atoms with Gasteiger partial charge in [0.25, 0.3) is 0 Å². The van der Waals surface area contributed by atoms with Crippen LogP contribution in [0.5, 0.6) is 0 Å². The molecule has 0 radical (unpaired) electrons. The number of amides is 1. The zero-order valence-corrected chi connectivity index (χ0v) is 9.13. The lowest BCUT2D eigenvalue weighted by molar-refractivity contribution is -0.123. The third-order valence-corrected chi connectivity index (χ3v) is 3.15. The summed E-state index contributed by atoms with van der Waals surface area (Å²) >= 11 is 0. The van der Waals surface area contributed by atoms with Crippen LogP contribution in [0, 0.1) is 0 Å². The topological polar surface area (TPSA) is 50.4 Å². The van der Waals surface area contributed by atoms with Crippen molar-refractivity contribution in [1.29, 1.82) is 0 Å². The summed E-state index contributed by atoms with van der Waals surface area (Å²) in [7, 11) is 0. The lowest BCUT2D eigenvalue weighted by Gasteiger charge is -2.23. The average molecular weight is 212 g/mol. The minimum Gasteiger partial charge on any atom is -0.376 e. The van der Waals surface area contributed by atoms with Gasteiger partial charge < -0.3 is 15.4 Å². The molecule has 0 aliphatic carbocycles. The quantitative estimate of drug-likeness (QED) is 0.713. The molecule has 0 saturated carbocycles. The van der Waals surface area contributed by atoms with E-state index in [2.05, 4.69) is 10.6 Å². The van der Waals surface area contributed by atoms with E-state index in [9.17, 15) is 4.79 Å². The lowest BCUT2D eigenvalue weighted by Crippen LogP contribution is -2.44. The molecule has 2 atom stereocenters. The van der Waals surface area contributed by atoms with Crippen LogP contribution in [0.2, 0.25) is 0 Å². The molecule has 0 spiro atoms. The minimum atomic E-state index is 0.0357. The van der Waals surface area contributed by atoms with Crippen molar-refractivity contribution in [1.82, 2.24) is 10.6 Å². The van der Waals surface area contributed by atoms with Crippen LogP contribution in [0.1, 0.15) is 32.1 Å². The van der Waals surface area contributed by atoms with Gasteiger partial charge in [0.2, 0.25) is 5.91 Å². The number of rotatable bonds is 3. The second-order valence-electron chi connectivity index (χ2n) is 4.38. The second kappa shape index (κ2) is 5.47. The third kappa shape index (κ3) is 3.18. The van der Waals surface area contributed by atoms with E-state index in [1.165, 1.54) is 6.42 Å². The summed E-state index contributed by atoms with van der Waals surface area (Å²) in [6, 6.07) is 0.0357. The maximum Gasteiger partial charge on any atom is 0.237 e. The Morgan fingerprint density at radius 1 is 1.33 bits per heavy atom. The average Bonchev–Trinajstić information content (AvgIpc) is 2.81. The fraction of sp³-hybridized carbons (Fsp3) is 0.909. The Labute approximate surface area is 90.8 Å². The Kier molecular flexibility index (Phi) is 3.97. The monoisotopic (exact) mass is 212 g/mol. The van der Waals surface area contributed by atoms with Gasteiger partial charge in [-0.2, -0.15) is 0 Å². The fourth-order valence-corrected chi connectivity index (χ4v) is 2.21. The third-order valence-electron chi connectivity index (χ3n) is 3.15. The fourth-order valence-electron chi connectivity index (χ4n) is 2.21. The number of ether oxygens (including phenoxy) is 1. The minimum absolute atomic E-state index is 0.0357. The van der Waals surface area contributed by atoms with E-state index in [1.54, 1.807) is 0 Å². The van der Waals surface area contributed by atoms with Gasteiger partial charge in [0.1, 0.15) is 0 Å². The van der Waals surface area contributed by atoms with Crippen molar-refractivity contribution in [2.24, 2.45) is 0 Å². The SMILES string of the molecule is O=C(NC[C@@H]1CCCCO1)[C@@H]1CCCN1. The molecular formula is C11H20N2O2. The van der Waals surface area contributed by atoms with Gasteiger partial charge in [-0.3, -0.25) is 4.79 Å². The van der Waals surface area contributed by atoms with Crippen LogP contribution in [0.4, 0.5) is 0 Å². The largest absolute Gasteiger partial charge is 0.376 e. The molecule has 1 amide bonds. The normalized spacial score (nSPS) is 31.5. The molecule has 0 aromatic heterocycles. The van der Waals surface area contributed by atoms with Gasteiger partial charge >= 0.3 is 0 Å². The Balaban J connectivity index is 1.65. The van der Waals surface area contributed by atoms with Gasteiger partial charge in [-0.1, -0.05) is 0 Å². The smallest absolute Gasteiger partial charge is 0.237 e. The summed E-state index contributed by atoms with van der Waals surface area (Å²) in [5, 5.41) is 6.16. The molecule has 0 unspecified atom stereocenters. The van der Waals surface area contributed by atoms with Crippen LogP contribution in [0.25, 0.3) is 0 Å². The van der Waals surface area contributed by atoms with Crippen LogP contribution in [0.3, 0.4) is 0 Å². The summed E-state index contributed by atoms with van der Waals surface area (Å²) in [5.74, 6) is 0.140. The van der Waals surface area contributed by atoms with Gasteiger partial charge in [0, 0.05) is 13.2 Å². The number of carbonyl (C=O) groups is 1. The summed E-state index contributed by atoms with van der Waals surface area (Å²) in [6.45, 7) is 2.50. The standard InChI is InChI=1S/C11H20N2O2/c14-11(10-5-3-6-12-10)13-8-9-4-1-2-7-15-9/h9-10,12H,1-8H2,(H,13,14)/t9-,10-/m0/s1. The Bertz CT molecular complexity index is 209. The highest BCUT2D eigenvalue weighted by molar-refractivity contribution is 5.81. The Morgan fingerprint density at radius 2 is 2.27 bits per heavy atom. The molecular weight excluding hydrogens is 192 g/mol. The maximum absolute atomic E-state index is 11.7. The number of carbonyl (C=O) groups excluding carboxylic acids is 1. The molecule has 4 heteroatoms. The highest BCUT2D eigenvalue weighted by atomic mass is 16.5. The Morgan fingerprint density at radius 3 is 2.93 bits per heavy atom. The number of nitrogens with one attached hydrogen (secondary N) is 2. The molecule has 2 aliphatic rings. The first-order chi connectivity index (χ1) is 7.36. The van der Waals surface area contributed by atoms with Crippen LogP contribution < -0.4 is 10.6 Å². The van der Waals surface area contributed by atoms with E-state index >= 15 is 0 Å². The van der Waals surface area contributed by atoms with Gasteiger partial charge in [0.15, 0.2) is 0 Å². The van der Waals surface area contributed by atoms with Crippen molar-refractivity contribution in [2.75, 3.05) is 19.7 Å². The highest BCUT2D eigenvalue weighted by Gasteiger charge is 2.23. The van der Waals surface area contributed by atoms with Gasteiger partial charge in [-0.25, -0.2) is 0 Å². The second-order valence-corrected chi connectivity index (χ2v) is 4.38. The maximum atomic E-state index is 11.7. The van der Waals surface area contributed by atoms with E-state index < -0.39 is 0 Å². The van der Waals surface area contributed by atoms with E-state index in [0.717, 1.165) is 38.8 Å². The number of hydrogen-bond donors (Lipinski definition) is 2. The molecule has 86 valence electrons. The van der Waals surface area contributed by atoms with Crippen molar-refractivity contribution in [2.45, 2.75) is 44.2 Å². The van der Waals surface area contributed by atoms with Crippen molar-refractivity contribution in [3.05, 3.63) is 0 Å². The van der Waals surface area contributed by atoms with Crippen LogP contribution in [-0.2, 0) is 9.53 Å². The van der Waals surface area contributed by atoms with Crippen molar-refractivity contribution < 1.29 is 9.53 Å². The molecule has 2 N–H and O–H groups in total. The van der Waals surface area contributed by atoms with Crippen LogP contribution >= 0.6 is 0 Å². The number of hydrogen-bond acceptors (Lipinski definition) is 3. The molecule has 0 aromatic carbocycles. The molecule has 2 fully saturated rings. The molecule has 0 aromatic rings. The van der Waals surface area contributed by atoms with E-state index in [4.69, 9.17) is 4.74 Å². The molecule has 2 heterocycles. The van der Waals surface area contributed by atoms with Crippen LogP contribution in [-0.4, -0.2) is 37.7 Å². The van der Waals surface area contributed by atoms with Crippen molar-refractivity contribution >= 4 is 5.91 Å². The van der Waals surface area contributed by atoms with Gasteiger partial charge in [-0.05, 0) is 38.6 Å². The molecule has 2 saturated heterocycles. The highest BCUT2D eigenvalue weighted by Crippen LogP contribution is 2.12. The molecule has 2 rings (SSSR count). The zero-order chi connectivity index (χ0) is 10.5. The first-order valence-electron chi connectivity index (χ1n) is 5.99. The van der Waals surface area contributed by atoms with Crippen molar-refractivity contribution in [3.8, 4) is 0 Å². The summed E-state index contributed by atoms with van der Waals surface area (Å²) in [6.07, 6.45) is 5.79. The molecule has 2 aliphatic heterocycles. The van der Waals surface area contributed by atoms with E-state index in [1.807, 2.05) is 0 Å². The first-order valence-corrected chi connectivity index (χ1v) is 5.99. The first kappa shape index (κ1) is 10.9. The Hall–Kier alpha value is -0.610. The summed E-state index contributed by atoms with van der Waals surface area (Å²) in [4.78, 5) is 11.7. The van der Waals surface area contributed by atoms with Gasteiger partial charge in [-0.15, -0.1) is 0 Å². The summed E-state index contributed by atoms with van der Waals surface area (Å²) in [5.41, 5.74) is 0. The predicted octanol–water partition coefficient (Wildman–Crippen LogP) is 0.424. The zero-order valence-electron chi connectivity index (χ0n) is 9.13.